The minimum atomic E-state index is -0.275. The number of nitrogens with one attached hydrogen (secondary N) is 1. The van der Waals surface area contributed by atoms with Crippen LogP contribution in [0.1, 0.15) is 31.4 Å². The molecule has 1 N–H and O–H groups in total. The van der Waals surface area contributed by atoms with Gasteiger partial charge in [-0.05, 0) is 49.2 Å². The summed E-state index contributed by atoms with van der Waals surface area (Å²) in [5.74, 6) is -0.345. The van der Waals surface area contributed by atoms with Crippen LogP contribution in [0.5, 0.6) is 0 Å². The van der Waals surface area contributed by atoms with E-state index in [9.17, 15) is 9.59 Å². The number of nitrogens with zero attached hydrogens (tertiary/aromatic N) is 2. The van der Waals surface area contributed by atoms with Gasteiger partial charge in [0.15, 0.2) is 5.58 Å². The summed E-state index contributed by atoms with van der Waals surface area (Å²) in [7, 11) is 0. The van der Waals surface area contributed by atoms with Gasteiger partial charge in [-0.1, -0.05) is 24.3 Å². The quantitative estimate of drug-likeness (QED) is 0.770. The number of carbonyl (C=O) groups excluding carboxylic acids is 1. The number of anilines is 1. The minimum Gasteiger partial charge on any atom is -0.408 e. The zero-order chi connectivity index (χ0) is 18.8. The number of aromatic nitrogens is 1. The number of rotatable bonds is 4. The number of oxazole rings is 1. The predicted octanol–water partition coefficient (Wildman–Crippen LogP) is 3.39. The maximum Gasteiger partial charge on any atom is 0.420 e. The summed E-state index contributed by atoms with van der Waals surface area (Å²) in [5, 5.41) is 2.78. The molecule has 1 saturated heterocycles. The fraction of sp³-hybridized carbons (Fsp3) is 0.333. The van der Waals surface area contributed by atoms with Crippen molar-refractivity contribution in [3.63, 3.8) is 0 Å². The van der Waals surface area contributed by atoms with Crippen molar-refractivity contribution in [2.24, 2.45) is 0 Å². The largest absolute Gasteiger partial charge is 0.420 e. The van der Waals surface area contributed by atoms with Gasteiger partial charge in [-0.15, -0.1) is 0 Å². The minimum absolute atomic E-state index is 0.0700. The molecule has 4 rings (SSSR count). The summed E-state index contributed by atoms with van der Waals surface area (Å²) in [6.45, 7) is 4.15. The smallest absolute Gasteiger partial charge is 0.408 e. The fourth-order valence-electron chi connectivity index (χ4n) is 3.87. The summed E-state index contributed by atoms with van der Waals surface area (Å²) >= 11 is 0. The number of amides is 1. The Kier molecular flexibility index (Phi) is 4.81. The first kappa shape index (κ1) is 17.5. The highest BCUT2D eigenvalue weighted by molar-refractivity contribution is 5.88. The number of hydrogen-bond acceptors (Lipinski definition) is 4. The van der Waals surface area contributed by atoms with E-state index < -0.39 is 0 Å². The Balaban J connectivity index is 1.49. The molecule has 0 radical (unpaired) electrons. The third-order valence-corrected chi connectivity index (χ3v) is 5.05. The number of piperidine rings is 1. The van der Waals surface area contributed by atoms with Crippen LogP contribution in [0, 0.1) is 0 Å². The predicted molar refractivity (Wildman–Crippen MR) is 105 cm³/mol. The van der Waals surface area contributed by atoms with E-state index in [2.05, 4.69) is 10.2 Å². The van der Waals surface area contributed by atoms with Crippen molar-refractivity contribution in [3.8, 4) is 0 Å². The molecule has 0 saturated carbocycles. The lowest BCUT2D eigenvalue weighted by Gasteiger charge is -2.33. The second-order valence-electron chi connectivity index (χ2n) is 7.11. The van der Waals surface area contributed by atoms with Gasteiger partial charge in [0, 0.05) is 25.7 Å². The Morgan fingerprint density at radius 3 is 2.74 bits per heavy atom. The molecule has 1 atom stereocenters. The van der Waals surface area contributed by atoms with Gasteiger partial charge in [0.2, 0.25) is 5.91 Å². The molecular formula is C21H23N3O3. The van der Waals surface area contributed by atoms with Crippen LogP contribution in [0.3, 0.4) is 0 Å². The number of carbonyl (C=O) groups is 1. The summed E-state index contributed by atoms with van der Waals surface area (Å²) in [6.07, 6.45) is 2.02. The molecule has 2 aromatic carbocycles. The van der Waals surface area contributed by atoms with Gasteiger partial charge < -0.3 is 9.73 Å². The van der Waals surface area contributed by atoms with Crippen molar-refractivity contribution in [1.82, 2.24) is 9.47 Å². The van der Waals surface area contributed by atoms with Crippen LogP contribution in [-0.2, 0) is 11.3 Å². The molecule has 0 unspecified atom stereocenters. The fourth-order valence-corrected chi connectivity index (χ4v) is 3.87. The van der Waals surface area contributed by atoms with Crippen LogP contribution in [0.25, 0.3) is 11.1 Å². The topological polar surface area (TPSA) is 67.5 Å². The number of likely N-dealkylation sites (tertiary alicyclic amines) is 1. The highest BCUT2D eigenvalue weighted by atomic mass is 16.4. The molecule has 6 nitrogen and oxygen atoms in total. The number of benzene rings is 2. The van der Waals surface area contributed by atoms with E-state index in [1.165, 1.54) is 12.5 Å². The van der Waals surface area contributed by atoms with Gasteiger partial charge in [-0.3, -0.25) is 14.3 Å². The first-order valence-electron chi connectivity index (χ1n) is 9.29. The number of fused-ring (bicyclic) bond motifs is 1. The van der Waals surface area contributed by atoms with Gasteiger partial charge in [-0.2, -0.15) is 0 Å². The third kappa shape index (κ3) is 3.80. The summed E-state index contributed by atoms with van der Waals surface area (Å²) in [4.78, 5) is 25.9. The Morgan fingerprint density at radius 2 is 1.96 bits per heavy atom. The highest BCUT2D eigenvalue weighted by Gasteiger charge is 2.25. The van der Waals surface area contributed by atoms with Gasteiger partial charge in [0.1, 0.15) is 0 Å². The van der Waals surface area contributed by atoms with Crippen LogP contribution in [0.15, 0.2) is 57.7 Å². The average molecular weight is 365 g/mol. The van der Waals surface area contributed by atoms with Gasteiger partial charge >= 0.3 is 5.76 Å². The van der Waals surface area contributed by atoms with E-state index in [0.29, 0.717) is 5.58 Å². The molecule has 3 aromatic rings. The Bertz CT molecular complexity index is 1000. The van der Waals surface area contributed by atoms with Gasteiger partial charge in [-0.25, -0.2) is 4.79 Å². The molecular weight excluding hydrogens is 342 g/mol. The van der Waals surface area contributed by atoms with Crippen LogP contribution in [-0.4, -0.2) is 28.5 Å². The lowest BCUT2D eigenvalue weighted by molar-refractivity contribution is -0.114. The average Bonchev–Trinajstić information content (AvgIpc) is 2.99. The van der Waals surface area contributed by atoms with Crippen molar-refractivity contribution in [3.05, 3.63) is 64.6 Å². The summed E-state index contributed by atoms with van der Waals surface area (Å²) in [6, 6.07) is 15.6. The lowest BCUT2D eigenvalue weighted by atomic mass is 10.0. The van der Waals surface area contributed by atoms with Crippen molar-refractivity contribution in [2.75, 3.05) is 18.4 Å². The molecule has 27 heavy (non-hydrogen) atoms. The molecule has 0 bridgehead atoms. The molecule has 6 heteroatoms. The molecule has 0 aliphatic carbocycles. The van der Waals surface area contributed by atoms with Crippen molar-refractivity contribution >= 4 is 22.7 Å². The Morgan fingerprint density at radius 1 is 1.19 bits per heavy atom. The van der Waals surface area contributed by atoms with Crippen LogP contribution < -0.4 is 11.1 Å². The molecule has 1 aromatic heterocycles. The zero-order valence-electron chi connectivity index (χ0n) is 15.4. The number of para-hydroxylation sites is 2. The van der Waals surface area contributed by atoms with E-state index in [1.54, 1.807) is 4.57 Å². The molecule has 0 spiro atoms. The normalized spacial score (nSPS) is 17.9. The molecule has 1 fully saturated rings. The van der Waals surface area contributed by atoms with Crippen LogP contribution >= 0.6 is 0 Å². The van der Waals surface area contributed by atoms with E-state index >= 15 is 0 Å². The second-order valence-corrected chi connectivity index (χ2v) is 7.11. The maximum absolute atomic E-state index is 12.4. The second kappa shape index (κ2) is 7.40. The summed E-state index contributed by atoms with van der Waals surface area (Å²) in [5.41, 5.74) is 3.51. The number of hydrogen-bond donors (Lipinski definition) is 1. The van der Waals surface area contributed by atoms with E-state index in [4.69, 9.17) is 4.42 Å². The maximum atomic E-state index is 12.4. The highest BCUT2D eigenvalue weighted by Crippen LogP contribution is 2.26. The Hall–Kier alpha value is -2.86. The van der Waals surface area contributed by atoms with Crippen molar-refractivity contribution < 1.29 is 9.21 Å². The monoisotopic (exact) mass is 365 g/mol. The molecule has 1 aliphatic heterocycles. The van der Waals surface area contributed by atoms with Crippen molar-refractivity contribution in [1.29, 1.82) is 0 Å². The third-order valence-electron chi connectivity index (χ3n) is 5.05. The van der Waals surface area contributed by atoms with Gasteiger partial charge in [0.25, 0.3) is 0 Å². The van der Waals surface area contributed by atoms with E-state index in [0.717, 1.165) is 43.7 Å². The first-order chi connectivity index (χ1) is 13.1. The molecule has 1 aliphatic rings. The molecule has 2 heterocycles. The SMILES string of the molecule is CC(=O)Nc1ccc(CN2CCC[C@H](n3c(=O)oc4ccccc43)C2)cc1. The Labute approximate surface area is 157 Å². The molecule has 140 valence electrons. The summed E-state index contributed by atoms with van der Waals surface area (Å²) < 4.78 is 7.21. The van der Waals surface area contributed by atoms with Crippen LogP contribution in [0.4, 0.5) is 5.69 Å². The van der Waals surface area contributed by atoms with Crippen molar-refractivity contribution in [2.45, 2.75) is 32.4 Å². The van der Waals surface area contributed by atoms with E-state index in [1.807, 2.05) is 48.5 Å². The molecule has 1 amide bonds. The lowest BCUT2D eigenvalue weighted by Crippen LogP contribution is -2.38. The first-order valence-corrected chi connectivity index (χ1v) is 9.29. The van der Waals surface area contributed by atoms with Gasteiger partial charge in [0.05, 0.1) is 11.6 Å². The van der Waals surface area contributed by atoms with Crippen LogP contribution in [0.2, 0.25) is 0 Å². The standard InChI is InChI=1S/C21H23N3O3/c1-15(25)22-17-10-8-16(9-11-17)13-23-12-4-5-18(14-23)24-19-6-2-3-7-20(19)27-21(24)26/h2-3,6-11,18H,4-5,12-14H2,1H3,(H,22,25)/t18-/m0/s1. The van der Waals surface area contributed by atoms with E-state index in [-0.39, 0.29) is 17.7 Å². The zero-order valence-corrected chi connectivity index (χ0v) is 15.4.